The van der Waals surface area contributed by atoms with Crippen LogP contribution in [0.4, 0.5) is 0 Å². The average molecular weight is 357 g/mol. The minimum absolute atomic E-state index is 0.0753. The van der Waals surface area contributed by atoms with E-state index >= 15 is 0 Å². The van der Waals surface area contributed by atoms with E-state index in [0.29, 0.717) is 13.2 Å². The number of fused-ring (bicyclic) bond motifs is 2. The van der Waals surface area contributed by atoms with Gasteiger partial charge in [-0.2, -0.15) is 5.10 Å². The number of benzene rings is 1. The summed E-state index contributed by atoms with van der Waals surface area (Å²) in [5.41, 5.74) is 5.05. The first-order chi connectivity index (χ1) is 11.9. The fraction of sp³-hybridized carbons (Fsp3) is 0.333. The monoisotopic (exact) mass is 357 g/mol. The summed E-state index contributed by atoms with van der Waals surface area (Å²) in [6.45, 7) is 0.878. The topological polar surface area (TPSA) is 74.1 Å². The van der Waals surface area contributed by atoms with Crippen LogP contribution >= 0.6 is 0 Å². The minimum atomic E-state index is -3.09. The normalized spacial score (nSPS) is 17.6. The molecule has 2 aromatic heterocycles. The Kier molecular flexibility index (Phi) is 3.85. The second kappa shape index (κ2) is 5.93. The van der Waals surface area contributed by atoms with Crippen molar-refractivity contribution in [3.63, 3.8) is 0 Å². The summed E-state index contributed by atoms with van der Waals surface area (Å²) in [6.07, 6.45) is 6.69. The summed E-state index contributed by atoms with van der Waals surface area (Å²) < 4.78 is 31.0. The molecule has 25 heavy (non-hydrogen) atoms. The summed E-state index contributed by atoms with van der Waals surface area (Å²) in [5.74, 6) is -0.0991. The van der Waals surface area contributed by atoms with Crippen LogP contribution in [0.1, 0.15) is 17.0 Å². The third-order valence-electron chi connectivity index (χ3n) is 4.66. The van der Waals surface area contributed by atoms with Crippen molar-refractivity contribution < 1.29 is 13.2 Å². The third-order valence-corrected chi connectivity index (χ3v) is 5.67. The lowest BCUT2D eigenvalue weighted by Gasteiger charge is -2.26. The maximum atomic E-state index is 11.7. The van der Waals surface area contributed by atoms with E-state index in [-0.39, 0.29) is 11.7 Å². The Hall–Kier alpha value is -2.25. The lowest BCUT2D eigenvalue weighted by atomic mass is 9.90. The SMILES string of the molecule is Cn1ncc2ccc(-c3cncc4c3COCC4CS(C)(=O)=O)cc21. The van der Waals surface area contributed by atoms with Crippen LogP contribution < -0.4 is 0 Å². The van der Waals surface area contributed by atoms with Crippen molar-refractivity contribution in [1.82, 2.24) is 14.8 Å². The zero-order valence-electron chi connectivity index (χ0n) is 14.1. The summed E-state index contributed by atoms with van der Waals surface area (Å²) in [4.78, 5) is 4.37. The van der Waals surface area contributed by atoms with E-state index in [2.05, 4.69) is 16.1 Å². The fourth-order valence-electron chi connectivity index (χ4n) is 3.47. The van der Waals surface area contributed by atoms with Gasteiger partial charge in [-0.1, -0.05) is 12.1 Å². The van der Waals surface area contributed by atoms with E-state index in [9.17, 15) is 8.42 Å². The fourth-order valence-corrected chi connectivity index (χ4v) is 4.48. The molecule has 0 spiro atoms. The predicted molar refractivity (Wildman–Crippen MR) is 96.1 cm³/mol. The highest BCUT2D eigenvalue weighted by Crippen LogP contribution is 2.35. The number of hydrogen-bond donors (Lipinski definition) is 0. The van der Waals surface area contributed by atoms with Crippen LogP contribution in [0.5, 0.6) is 0 Å². The molecule has 1 atom stereocenters. The van der Waals surface area contributed by atoms with E-state index in [0.717, 1.165) is 33.2 Å². The van der Waals surface area contributed by atoms with Gasteiger partial charge in [-0.05, 0) is 22.8 Å². The van der Waals surface area contributed by atoms with Gasteiger partial charge in [-0.3, -0.25) is 9.67 Å². The number of nitrogens with zero attached hydrogens (tertiary/aromatic N) is 3. The Morgan fingerprint density at radius 2 is 2.12 bits per heavy atom. The predicted octanol–water partition coefficient (Wildman–Crippen LogP) is 2.29. The lowest BCUT2D eigenvalue weighted by Crippen LogP contribution is -2.24. The highest BCUT2D eigenvalue weighted by atomic mass is 32.2. The van der Waals surface area contributed by atoms with E-state index in [1.165, 1.54) is 6.26 Å². The molecule has 0 saturated heterocycles. The van der Waals surface area contributed by atoms with Crippen LogP contribution in [0.25, 0.3) is 22.0 Å². The molecule has 130 valence electrons. The molecule has 0 bridgehead atoms. The van der Waals surface area contributed by atoms with E-state index in [4.69, 9.17) is 4.74 Å². The Balaban J connectivity index is 1.83. The van der Waals surface area contributed by atoms with Crippen molar-refractivity contribution >= 4 is 20.7 Å². The average Bonchev–Trinajstić information content (AvgIpc) is 2.94. The first kappa shape index (κ1) is 16.2. The van der Waals surface area contributed by atoms with Gasteiger partial charge in [0.15, 0.2) is 0 Å². The van der Waals surface area contributed by atoms with Crippen molar-refractivity contribution in [1.29, 1.82) is 0 Å². The highest BCUT2D eigenvalue weighted by molar-refractivity contribution is 7.90. The number of rotatable bonds is 3. The van der Waals surface area contributed by atoms with Gasteiger partial charge in [0.1, 0.15) is 9.84 Å². The van der Waals surface area contributed by atoms with Crippen molar-refractivity contribution in [3.8, 4) is 11.1 Å². The van der Waals surface area contributed by atoms with E-state index in [1.54, 1.807) is 6.20 Å². The first-order valence-electron chi connectivity index (χ1n) is 8.07. The van der Waals surface area contributed by atoms with Crippen molar-refractivity contribution in [3.05, 3.63) is 47.9 Å². The number of hydrogen-bond acceptors (Lipinski definition) is 5. The quantitative estimate of drug-likeness (QED) is 0.719. The lowest BCUT2D eigenvalue weighted by molar-refractivity contribution is 0.0959. The molecule has 0 amide bonds. The summed E-state index contributed by atoms with van der Waals surface area (Å²) in [5, 5.41) is 5.36. The van der Waals surface area contributed by atoms with Gasteiger partial charge in [0.25, 0.3) is 0 Å². The summed E-state index contributed by atoms with van der Waals surface area (Å²) in [7, 11) is -1.18. The Bertz CT molecular complexity index is 1060. The van der Waals surface area contributed by atoms with Crippen LogP contribution in [0, 0.1) is 0 Å². The molecular weight excluding hydrogens is 338 g/mol. The molecule has 1 aliphatic heterocycles. The van der Waals surface area contributed by atoms with Crippen molar-refractivity contribution in [2.24, 2.45) is 7.05 Å². The molecule has 3 aromatic rings. The molecule has 3 heterocycles. The molecule has 1 aliphatic rings. The minimum Gasteiger partial charge on any atom is -0.376 e. The molecule has 0 radical (unpaired) electrons. The molecule has 0 fully saturated rings. The van der Waals surface area contributed by atoms with Crippen molar-refractivity contribution in [2.75, 3.05) is 18.6 Å². The third kappa shape index (κ3) is 3.05. The van der Waals surface area contributed by atoms with Gasteiger partial charge in [0.05, 0.1) is 30.7 Å². The van der Waals surface area contributed by atoms with Crippen LogP contribution in [0.3, 0.4) is 0 Å². The molecule has 1 aromatic carbocycles. The maximum absolute atomic E-state index is 11.7. The number of aryl methyl sites for hydroxylation is 1. The van der Waals surface area contributed by atoms with Crippen LogP contribution in [0.15, 0.2) is 36.8 Å². The largest absolute Gasteiger partial charge is 0.376 e. The molecule has 1 unspecified atom stereocenters. The molecule has 0 aliphatic carbocycles. The maximum Gasteiger partial charge on any atom is 0.148 e. The highest BCUT2D eigenvalue weighted by Gasteiger charge is 2.26. The number of pyridine rings is 1. The Morgan fingerprint density at radius 3 is 2.92 bits per heavy atom. The van der Waals surface area contributed by atoms with Gasteiger partial charge < -0.3 is 4.74 Å². The second-order valence-electron chi connectivity index (χ2n) is 6.60. The zero-order valence-corrected chi connectivity index (χ0v) is 15.0. The molecular formula is C18H19N3O3S. The molecule has 4 rings (SSSR count). The molecule has 0 N–H and O–H groups in total. The van der Waals surface area contributed by atoms with E-state index < -0.39 is 9.84 Å². The Labute approximate surface area is 146 Å². The standard InChI is InChI=1S/C18H19N3O3S/c1-21-18-5-12(3-4-13(18)6-20-21)15-7-19-8-16-14(11-25(2,22)23)9-24-10-17(15)16/h3-8,14H,9-11H2,1-2H3. The van der Waals surface area contributed by atoms with Crippen LogP contribution in [0.2, 0.25) is 0 Å². The van der Waals surface area contributed by atoms with Gasteiger partial charge in [0.2, 0.25) is 0 Å². The summed E-state index contributed by atoms with van der Waals surface area (Å²) in [6, 6.07) is 6.16. The number of aromatic nitrogens is 3. The smallest absolute Gasteiger partial charge is 0.148 e. The van der Waals surface area contributed by atoms with E-state index in [1.807, 2.05) is 36.3 Å². The van der Waals surface area contributed by atoms with Crippen LogP contribution in [-0.2, 0) is 28.2 Å². The van der Waals surface area contributed by atoms with Gasteiger partial charge in [-0.15, -0.1) is 0 Å². The first-order valence-corrected chi connectivity index (χ1v) is 10.1. The van der Waals surface area contributed by atoms with Gasteiger partial charge in [0, 0.05) is 42.6 Å². The molecule has 0 saturated carbocycles. The molecule has 6 nitrogen and oxygen atoms in total. The van der Waals surface area contributed by atoms with Crippen LogP contribution in [-0.4, -0.2) is 41.8 Å². The zero-order chi connectivity index (χ0) is 17.6. The molecule has 7 heteroatoms. The van der Waals surface area contributed by atoms with Crippen molar-refractivity contribution in [2.45, 2.75) is 12.5 Å². The second-order valence-corrected chi connectivity index (χ2v) is 8.79. The Morgan fingerprint density at radius 1 is 1.28 bits per heavy atom. The van der Waals surface area contributed by atoms with Gasteiger partial charge >= 0.3 is 0 Å². The summed E-state index contributed by atoms with van der Waals surface area (Å²) >= 11 is 0. The van der Waals surface area contributed by atoms with Gasteiger partial charge in [-0.25, -0.2) is 8.42 Å². The number of ether oxygens (including phenoxy) is 1. The number of sulfone groups is 1.